The van der Waals surface area contributed by atoms with E-state index in [9.17, 15) is 14.4 Å². The molecule has 1 aliphatic rings. The lowest BCUT2D eigenvalue weighted by Crippen LogP contribution is -2.50. The molecule has 2 aromatic rings. The maximum atomic E-state index is 12.6. The van der Waals surface area contributed by atoms with E-state index in [1.54, 1.807) is 30.1 Å². The van der Waals surface area contributed by atoms with Gasteiger partial charge in [0.05, 0.1) is 12.4 Å². The van der Waals surface area contributed by atoms with Gasteiger partial charge in [-0.15, -0.1) is 22.7 Å². The Bertz CT molecular complexity index is 764. The Morgan fingerprint density at radius 1 is 1.28 bits per heavy atom. The van der Waals surface area contributed by atoms with Gasteiger partial charge in [0, 0.05) is 23.2 Å². The van der Waals surface area contributed by atoms with Gasteiger partial charge < -0.3 is 9.47 Å². The summed E-state index contributed by atoms with van der Waals surface area (Å²) in [5.74, 6) is -2.47. The van der Waals surface area contributed by atoms with Crippen molar-refractivity contribution in [2.75, 3.05) is 12.4 Å². The van der Waals surface area contributed by atoms with Gasteiger partial charge in [0.15, 0.2) is 4.34 Å². The summed E-state index contributed by atoms with van der Waals surface area (Å²) in [5, 5.41) is 2.51. The van der Waals surface area contributed by atoms with E-state index in [2.05, 4.69) is 9.97 Å². The van der Waals surface area contributed by atoms with Crippen LogP contribution in [0.25, 0.3) is 0 Å². The SMILES string of the molecule is CCOC(=O)C1(CSc2nccs2)OC(=O)C(=O)C1Sc1nccs1. The van der Waals surface area contributed by atoms with E-state index in [1.807, 2.05) is 0 Å². The maximum Gasteiger partial charge on any atom is 0.377 e. The minimum Gasteiger partial charge on any atom is -0.463 e. The average Bonchev–Trinajstić information content (AvgIpc) is 3.32. The molecule has 1 saturated heterocycles. The zero-order chi connectivity index (χ0) is 17.9. The number of Topliss-reactive ketones (excluding diaryl/α,β-unsaturated/α-hetero) is 1. The van der Waals surface area contributed by atoms with E-state index in [0.29, 0.717) is 8.68 Å². The third-order valence-corrected chi connectivity index (χ3v) is 7.62. The van der Waals surface area contributed by atoms with Crippen molar-refractivity contribution in [3.63, 3.8) is 0 Å². The molecule has 2 atom stereocenters. The third-order valence-electron chi connectivity index (χ3n) is 3.21. The molecule has 25 heavy (non-hydrogen) atoms. The Labute approximate surface area is 159 Å². The number of hydrogen-bond donors (Lipinski definition) is 0. The lowest BCUT2D eigenvalue weighted by Gasteiger charge is -2.28. The normalized spacial score (nSPS) is 22.8. The van der Waals surface area contributed by atoms with Gasteiger partial charge in [0.2, 0.25) is 5.60 Å². The number of nitrogens with zero attached hydrogens (tertiary/aromatic N) is 2. The molecule has 0 bridgehead atoms. The fourth-order valence-electron chi connectivity index (χ4n) is 2.12. The van der Waals surface area contributed by atoms with Gasteiger partial charge in [-0.3, -0.25) is 4.79 Å². The highest BCUT2D eigenvalue weighted by Gasteiger charge is 2.62. The highest BCUT2D eigenvalue weighted by molar-refractivity contribution is 8.03. The van der Waals surface area contributed by atoms with Crippen molar-refractivity contribution in [2.45, 2.75) is 26.5 Å². The molecule has 2 aromatic heterocycles. The van der Waals surface area contributed by atoms with Crippen LogP contribution in [0.2, 0.25) is 0 Å². The largest absolute Gasteiger partial charge is 0.463 e. The lowest BCUT2D eigenvalue weighted by molar-refractivity contribution is -0.171. The van der Waals surface area contributed by atoms with Gasteiger partial charge in [-0.05, 0) is 6.92 Å². The first-order chi connectivity index (χ1) is 12.1. The lowest BCUT2D eigenvalue weighted by atomic mass is 10.0. The number of cyclic esters (lactones) is 1. The maximum absolute atomic E-state index is 12.6. The van der Waals surface area contributed by atoms with Crippen molar-refractivity contribution in [3.8, 4) is 0 Å². The van der Waals surface area contributed by atoms with Crippen LogP contribution in [0.15, 0.2) is 31.8 Å². The number of thiazole rings is 2. The van der Waals surface area contributed by atoms with E-state index < -0.39 is 28.6 Å². The third kappa shape index (κ3) is 3.73. The Hall–Kier alpha value is -1.43. The monoisotopic (exact) mass is 416 g/mol. The van der Waals surface area contributed by atoms with E-state index in [0.717, 1.165) is 11.8 Å². The standard InChI is InChI=1S/C14H12N2O5S4/c1-2-20-11(19)14(7-24-12-15-3-5-22-12)9(8(17)10(18)21-14)25-13-16-4-6-23-13/h3-6,9H,2,7H2,1H3. The number of ether oxygens (including phenoxy) is 2. The summed E-state index contributed by atoms with van der Waals surface area (Å²) < 4.78 is 11.7. The summed E-state index contributed by atoms with van der Waals surface area (Å²) in [6.07, 6.45) is 3.23. The van der Waals surface area contributed by atoms with Crippen LogP contribution in [-0.4, -0.2) is 50.9 Å². The zero-order valence-corrected chi connectivity index (χ0v) is 16.1. The summed E-state index contributed by atoms with van der Waals surface area (Å²) in [5.41, 5.74) is -1.70. The van der Waals surface area contributed by atoms with Crippen molar-refractivity contribution in [1.82, 2.24) is 9.97 Å². The average molecular weight is 417 g/mol. The molecule has 0 saturated carbocycles. The molecule has 11 heteroatoms. The molecular weight excluding hydrogens is 404 g/mol. The van der Waals surface area contributed by atoms with Gasteiger partial charge in [-0.25, -0.2) is 19.6 Å². The van der Waals surface area contributed by atoms with Gasteiger partial charge >= 0.3 is 11.9 Å². The smallest absolute Gasteiger partial charge is 0.377 e. The fraction of sp³-hybridized carbons (Fsp3) is 0.357. The van der Waals surface area contributed by atoms with Crippen LogP contribution in [0.3, 0.4) is 0 Å². The molecular formula is C14H12N2O5S4. The van der Waals surface area contributed by atoms with Crippen molar-refractivity contribution < 1.29 is 23.9 Å². The summed E-state index contributed by atoms with van der Waals surface area (Å²) in [4.78, 5) is 45.2. The number of carbonyl (C=O) groups is 3. The van der Waals surface area contributed by atoms with Crippen molar-refractivity contribution in [2.24, 2.45) is 0 Å². The highest BCUT2D eigenvalue weighted by Crippen LogP contribution is 2.42. The molecule has 0 aliphatic carbocycles. The molecule has 7 nitrogen and oxygen atoms in total. The van der Waals surface area contributed by atoms with Gasteiger partial charge in [0.25, 0.3) is 5.78 Å². The van der Waals surface area contributed by atoms with Crippen LogP contribution in [0.1, 0.15) is 6.92 Å². The number of aromatic nitrogens is 2. The van der Waals surface area contributed by atoms with E-state index in [-0.39, 0.29) is 12.4 Å². The minimum absolute atomic E-state index is 0.0415. The molecule has 0 spiro atoms. The van der Waals surface area contributed by atoms with Gasteiger partial charge in [-0.2, -0.15) is 0 Å². The van der Waals surface area contributed by atoms with Crippen LogP contribution >= 0.6 is 46.2 Å². The van der Waals surface area contributed by atoms with Crippen LogP contribution in [0.5, 0.6) is 0 Å². The summed E-state index contributed by atoms with van der Waals surface area (Å²) in [6, 6.07) is 0. The van der Waals surface area contributed by atoms with Crippen molar-refractivity contribution in [1.29, 1.82) is 0 Å². The number of ketones is 1. The number of rotatable bonds is 7. The Morgan fingerprint density at radius 2 is 1.96 bits per heavy atom. The van der Waals surface area contributed by atoms with Crippen LogP contribution in [-0.2, 0) is 23.9 Å². The fourth-order valence-corrected chi connectivity index (χ4v) is 6.00. The van der Waals surface area contributed by atoms with Crippen molar-refractivity contribution >= 4 is 63.9 Å². The molecule has 2 unspecified atom stereocenters. The first-order valence-electron chi connectivity index (χ1n) is 7.09. The van der Waals surface area contributed by atoms with Gasteiger partial charge in [-0.1, -0.05) is 23.5 Å². The molecule has 1 fully saturated rings. The molecule has 3 rings (SSSR count). The summed E-state index contributed by atoms with van der Waals surface area (Å²) in [6.45, 7) is 1.77. The Morgan fingerprint density at radius 3 is 2.56 bits per heavy atom. The Kier molecular flexibility index (Phi) is 5.77. The Balaban J connectivity index is 1.92. The number of carbonyl (C=O) groups excluding carboxylic acids is 3. The predicted octanol–water partition coefficient (Wildman–Crippen LogP) is 2.28. The molecule has 0 aromatic carbocycles. The van der Waals surface area contributed by atoms with E-state index in [1.165, 1.54) is 34.4 Å². The minimum atomic E-state index is -1.70. The molecule has 1 aliphatic heterocycles. The number of hydrogen-bond acceptors (Lipinski definition) is 11. The number of thioether (sulfide) groups is 2. The molecule has 3 heterocycles. The van der Waals surface area contributed by atoms with Crippen molar-refractivity contribution in [3.05, 3.63) is 23.2 Å². The topological polar surface area (TPSA) is 95.5 Å². The molecule has 0 N–H and O–H groups in total. The zero-order valence-electron chi connectivity index (χ0n) is 12.9. The first kappa shape index (κ1) is 18.4. The summed E-state index contributed by atoms with van der Waals surface area (Å²) in [7, 11) is 0. The summed E-state index contributed by atoms with van der Waals surface area (Å²) >= 11 is 5.01. The second kappa shape index (κ2) is 7.85. The first-order valence-corrected chi connectivity index (χ1v) is 10.7. The number of esters is 2. The van der Waals surface area contributed by atoms with Crippen LogP contribution in [0.4, 0.5) is 0 Å². The van der Waals surface area contributed by atoms with Gasteiger partial charge in [0.1, 0.15) is 9.59 Å². The molecule has 132 valence electrons. The molecule has 0 amide bonds. The second-order valence-electron chi connectivity index (χ2n) is 4.75. The van der Waals surface area contributed by atoms with E-state index in [4.69, 9.17) is 9.47 Å². The van der Waals surface area contributed by atoms with Crippen LogP contribution in [0, 0.1) is 0 Å². The quantitative estimate of drug-likeness (QED) is 0.383. The predicted molar refractivity (Wildman–Crippen MR) is 95.1 cm³/mol. The highest BCUT2D eigenvalue weighted by atomic mass is 32.2. The van der Waals surface area contributed by atoms with E-state index >= 15 is 0 Å². The second-order valence-corrected chi connectivity index (χ2v) is 9.11. The molecule has 0 radical (unpaired) electrons. The van der Waals surface area contributed by atoms with Crippen LogP contribution < -0.4 is 0 Å².